The summed E-state index contributed by atoms with van der Waals surface area (Å²) in [6.07, 6.45) is 1.67. The molecule has 19 heavy (non-hydrogen) atoms. The highest BCUT2D eigenvalue weighted by Gasteiger charge is 2.12. The molecular formula is C13H12N4OS. The van der Waals surface area contributed by atoms with Crippen molar-refractivity contribution in [2.75, 3.05) is 11.1 Å². The van der Waals surface area contributed by atoms with Crippen LogP contribution in [-0.4, -0.2) is 16.1 Å². The van der Waals surface area contributed by atoms with Gasteiger partial charge in [-0.2, -0.15) is 5.10 Å². The Kier molecular flexibility index (Phi) is 2.72. The van der Waals surface area contributed by atoms with E-state index in [4.69, 9.17) is 5.73 Å². The van der Waals surface area contributed by atoms with Crippen molar-refractivity contribution in [3.05, 3.63) is 40.9 Å². The monoisotopic (exact) mass is 272 g/mol. The Morgan fingerprint density at radius 1 is 1.42 bits per heavy atom. The number of hydrogen-bond acceptors (Lipinski definition) is 4. The van der Waals surface area contributed by atoms with Gasteiger partial charge in [0.25, 0.3) is 5.91 Å². The third kappa shape index (κ3) is 2.17. The van der Waals surface area contributed by atoms with Crippen molar-refractivity contribution < 1.29 is 4.79 Å². The maximum Gasteiger partial charge on any atom is 0.266 e. The van der Waals surface area contributed by atoms with Gasteiger partial charge in [0, 0.05) is 16.0 Å². The predicted molar refractivity (Wildman–Crippen MR) is 77.5 cm³/mol. The van der Waals surface area contributed by atoms with Crippen LogP contribution in [0.25, 0.3) is 10.1 Å². The second-order valence-electron chi connectivity index (χ2n) is 4.29. The number of hydrogen-bond donors (Lipinski definition) is 3. The van der Waals surface area contributed by atoms with Crippen molar-refractivity contribution in [2.45, 2.75) is 6.92 Å². The number of amides is 1. The number of aromatic amines is 1. The van der Waals surface area contributed by atoms with Crippen molar-refractivity contribution in [3.63, 3.8) is 0 Å². The quantitative estimate of drug-likeness (QED) is 0.627. The van der Waals surface area contributed by atoms with Gasteiger partial charge in [-0.3, -0.25) is 9.89 Å². The van der Waals surface area contributed by atoms with Gasteiger partial charge >= 0.3 is 0 Å². The van der Waals surface area contributed by atoms with Crippen LogP contribution < -0.4 is 11.1 Å². The average molecular weight is 272 g/mol. The van der Waals surface area contributed by atoms with E-state index >= 15 is 0 Å². The summed E-state index contributed by atoms with van der Waals surface area (Å²) in [7, 11) is 0. The first kappa shape index (κ1) is 11.7. The number of nitrogens with two attached hydrogens (primary N) is 1. The van der Waals surface area contributed by atoms with Crippen molar-refractivity contribution in [1.29, 1.82) is 0 Å². The largest absolute Gasteiger partial charge is 0.399 e. The van der Waals surface area contributed by atoms with Crippen LogP contribution in [0.5, 0.6) is 0 Å². The van der Waals surface area contributed by atoms with Crippen LogP contribution in [0.2, 0.25) is 0 Å². The minimum Gasteiger partial charge on any atom is -0.399 e. The van der Waals surface area contributed by atoms with E-state index < -0.39 is 0 Å². The number of aromatic nitrogens is 2. The lowest BCUT2D eigenvalue weighted by Gasteiger charge is -2.00. The fraction of sp³-hybridized carbons (Fsp3) is 0.0769. The fourth-order valence-electron chi connectivity index (χ4n) is 1.82. The van der Waals surface area contributed by atoms with E-state index in [1.807, 2.05) is 31.2 Å². The van der Waals surface area contributed by atoms with Crippen LogP contribution in [0.4, 0.5) is 11.5 Å². The third-order valence-corrected chi connectivity index (χ3v) is 3.95. The molecule has 1 aromatic carbocycles. The average Bonchev–Trinajstić information content (AvgIpc) is 2.96. The maximum absolute atomic E-state index is 12.1. The van der Waals surface area contributed by atoms with E-state index in [1.54, 1.807) is 6.20 Å². The Morgan fingerprint density at radius 3 is 3.00 bits per heavy atom. The molecule has 2 aromatic heterocycles. The molecule has 0 aliphatic carbocycles. The Bertz CT molecular complexity index is 759. The molecule has 0 bridgehead atoms. The molecule has 0 aliphatic rings. The van der Waals surface area contributed by atoms with Crippen LogP contribution in [0.1, 0.15) is 15.2 Å². The molecule has 4 N–H and O–H groups in total. The molecule has 0 saturated carbocycles. The van der Waals surface area contributed by atoms with Crippen molar-refractivity contribution >= 4 is 38.8 Å². The van der Waals surface area contributed by atoms with E-state index in [1.165, 1.54) is 11.3 Å². The molecule has 0 unspecified atom stereocenters. The van der Waals surface area contributed by atoms with Gasteiger partial charge in [0.1, 0.15) is 5.82 Å². The summed E-state index contributed by atoms with van der Waals surface area (Å²) in [6, 6.07) is 7.47. The molecule has 2 heterocycles. The lowest BCUT2D eigenvalue weighted by atomic mass is 10.2. The third-order valence-electron chi connectivity index (χ3n) is 2.83. The summed E-state index contributed by atoms with van der Waals surface area (Å²) in [6.45, 7) is 1.88. The number of carbonyl (C=O) groups is 1. The van der Waals surface area contributed by atoms with E-state index in [2.05, 4.69) is 15.5 Å². The zero-order chi connectivity index (χ0) is 13.4. The van der Waals surface area contributed by atoms with Gasteiger partial charge in [-0.1, -0.05) is 0 Å². The highest BCUT2D eigenvalue weighted by atomic mass is 32.1. The Morgan fingerprint density at radius 2 is 2.26 bits per heavy atom. The molecule has 6 heteroatoms. The number of anilines is 2. The van der Waals surface area contributed by atoms with Crippen LogP contribution in [0.15, 0.2) is 30.5 Å². The van der Waals surface area contributed by atoms with Gasteiger partial charge in [-0.25, -0.2) is 0 Å². The molecule has 0 radical (unpaired) electrons. The topological polar surface area (TPSA) is 83.8 Å². The van der Waals surface area contributed by atoms with Gasteiger partial charge in [0.15, 0.2) is 0 Å². The molecule has 96 valence electrons. The minimum atomic E-state index is -0.146. The highest BCUT2D eigenvalue weighted by molar-refractivity contribution is 7.20. The first-order valence-corrected chi connectivity index (χ1v) is 6.55. The van der Waals surface area contributed by atoms with Crippen LogP contribution in [0.3, 0.4) is 0 Å². The number of thiophene rings is 1. The number of aryl methyl sites for hydroxylation is 1. The Balaban J connectivity index is 1.91. The number of fused-ring (bicyclic) bond motifs is 1. The summed E-state index contributed by atoms with van der Waals surface area (Å²) in [5, 5.41) is 10.4. The van der Waals surface area contributed by atoms with Crippen molar-refractivity contribution in [2.24, 2.45) is 0 Å². The number of nitrogen functional groups attached to an aromatic ring is 1. The predicted octanol–water partition coefficient (Wildman–Crippen LogP) is 2.77. The number of carbonyl (C=O) groups excluding carboxylic acids is 1. The SMILES string of the molecule is Cc1cn[nH]c1NC(=O)c1cc2cc(N)ccc2s1. The Hall–Kier alpha value is -2.34. The molecule has 3 rings (SSSR count). The molecular weight excluding hydrogens is 260 g/mol. The lowest BCUT2D eigenvalue weighted by Crippen LogP contribution is -2.11. The van der Waals surface area contributed by atoms with Crippen LogP contribution in [0, 0.1) is 6.92 Å². The van der Waals surface area contributed by atoms with E-state index in [-0.39, 0.29) is 5.91 Å². The summed E-state index contributed by atoms with van der Waals surface area (Å²) in [5.74, 6) is 0.481. The molecule has 0 spiro atoms. The zero-order valence-electron chi connectivity index (χ0n) is 10.2. The van der Waals surface area contributed by atoms with Crippen molar-refractivity contribution in [3.8, 4) is 0 Å². The first-order valence-electron chi connectivity index (χ1n) is 5.74. The smallest absolute Gasteiger partial charge is 0.266 e. The molecule has 0 atom stereocenters. The van der Waals surface area contributed by atoms with Gasteiger partial charge in [0.05, 0.1) is 11.1 Å². The van der Waals surface area contributed by atoms with Gasteiger partial charge in [-0.05, 0) is 36.6 Å². The standard InChI is InChI=1S/C13H12N4OS/c1-7-6-15-17-12(7)16-13(18)11-5-8-4-9(14)2-3-10(8)19-11/h2-6H,14H2,1H3,(H2,15,16,17,18). The number of nitrogens with one attached hydrogen (secondary N) is 2. The summed E-state index contributed by atoms with van der Waals surface area (Å²) in [4.78, 5) is 12.8. The number of rotatable bonds is 2. The lowest BCUT2D eigenvalue weighted by molar-refractivity contribution is 0.103. The van der Waals surface area contributed by atoms with Gasteiger partial charge in [-0.15, -0.1) is 11.3 Å². The summed E-state index contributed by atoms with van der Waals surface area (Å²) >= 11 is 1.44. The summed E-state index contributed by atoms with van der Waals surface area (Å²) in [5.41, 5.74) is 7.33. The molecule has 3 aromatic rings. The summed E-state index contributed by atoms with van der Waals surface area (Å²) < 4.78 is 1.04. The first-order chi connectivity index (χ1) is 9.13. The van der Waals surface area contributed by atoms with E-state index in [0.717, 1.165) is 15.6 Å². The number of nitrogens with zero attached hydrogens (tertiary/aromatic N) is 1. The van der Waals surface area contributed by atoms with Crippen LogP contribution >= 0.6 is 11.3 Å². The molecule has 1 amide bonds. The molecule has 0 aliphatic heterocycles. The Labute approximate surface area is 113 Å². The molecule has 0 fully saturated rings. The fourth-order valence-corrected chi connectivity index (χ4v) is 2.76. The van der Waals surface area contributed by atoms with Crippen LogP contribution in [-0.2, 0) is 0 Å². The van der Waals surface area contributed by atoms with E-state index in [9.17, 15) is 4.79 Å². The van der Waals surface area contributed by atoms with Gasteiger partial charge in [0.2, 0.25) is 0 Å². The zero-order valence-corrected chi connectivity index (χ0v) is 11.0. The second-order valence-corrected chi connectivity index (χ2v) is 5.37. The van der Waals surface area contributed by atoms with E-state index in [0.29, 0.717) is 16.4 Å². The normalized spacial score (nSPS) is 10.8. The maximum atomic E-state index is 12.1. The molecule has 5 nitrogen and oxygen atoms in total. The number of benzene rings is 1. The van der Waals surface area contributed by atoms with Crippen molar-refractivity contribution in [1.82, 2.24) is 10.2 Å². The second kappa shape index (κ2) is 4.40. The minimum absolute atomic E-state index is 0.146. The highest BCUT2D eigenvalue weighted by Crippen LogP contribution is 2.27. The molecule has 0 saturated heterocycles. The number of H-pyrrole nitrogens is 1. The van der Waals surface area contributed by atoms with Gasteiger partial charge < -0.3 is 11.1 Å².